The number of carbonyl (C=O) groups is 2. The second-order valence-corrected chi connectivity index (χ2v) is 10.8. The Morgan fingerprint density at radius 2 is 1.61 bits per heavy atom. The lowest BCUT2D eigenvalue weighted by Gasteiger charge is -2.48. The number of rotatable bonds is 11. The summed E-state index contributed by atoms with van der Waals surface area (Å²) in [4.78, 5) is 31.1. The monoisotopic (exact) mass is 559 g/mol. The van der Waals surface area contributed by atoms with Crippen molar-refractivity contribution in [2.45, 2.75) is 52.4 Å². The van der Waals surface area contributed by atoms with Crippen LogP contribution in [0.1, 0.15) is 60.8 Å². The first-order valence-electron chi connectivity index (χ1n) is 14.3. The van der Waals surface area contributed by atoms with Crippen molar-refractivity contribution in [3.05, 3.63) is 95.1 Å². The standard InChI is InChI=1S/C33H41N3O5/c1-5-34(6-2)33(40)28-13-8-11-26(17-28)32(27-12-9-15-30(18-27)41-22-31(38)39)36-20-23(3)35(19-24(36)4)21-25-10-7-14-29(37)16-25/h7-18,23-24,32,37H,5-6,19-22H2,1-4H3,(H,38,39)/t23-,24+,32-/m1/s1. The zero-order chi connectivity index (χ0) is 29.5. The summed E-state index contributed by atoms with van der Waals surface area (Å²) in [5, 5.41) is 19.1. The molecule has 1 aliphatic rings. The molecule has 0 unspecified atom stereocenters. The first-order chi connectivity index (χ1) is 19.7. The van der Waals surface area contributed by atoms with E-state index in [1.165, 1.54) is 0 Å². The van der Waals surface area contributed by atoms with Crippen molar-refractivity contribution in [2.24, 2.45) is 0 Å². The molecule has 0 bridgehead atoms. The van der Waals surface area contributed by atoms with E-state index in [4.69, 9.17) is 9.84 Å². The first kappa shape index (κ1) is 30.1. The molecule has 1 amide bonds. The summed E-state index contributed by atoms with van der Waals surface area (Å²) < 4.78 is 5.54. The van der Waals surface area contributed by atoms with Crippen molar-refractivity contribution in [1.82, 2.24) is 14.7 Å². The minimum absolute atomic E-state index is 0.00601. The SMILES string of the molecule is CCN(CC)C(=O)c1cccc([C@H](c2cccc(OCC(=O)O)c2)N2C[C@@H](C)N(Cc3cccc(O)c3)C[C@@H]2C)c1. The largest absolute Gasteiger partial charge is 0.508 e. The molecule has 2 N–H and O–H groups in total. The van der Waals surface area contributed by atoms with E-state index >= 15 is 0 Å². The smallest absolute Gasteiger partial charge is 0.341 e. The van der Waals surface area contributed by atoms with Crippen LogP contribution in [-0.4, -0.2) is 81.7 Å². The fourth-order valence-electron chi connectivity index (χ4n) is 5.72. The summed E-state index contributed by atoms with van der Waals surface area (Å²) in [6.45, 7) is 11.6. The molecule has 8 heteroatoms. The Hall–Kier alpha value is -3.88. The number of phenolic OH excluding ortho intramolecular Hbond substituents is 1. The molecule has 218 valence electrons. The molecule has 0 saturated carbocycles. The van der Waals surface area contributed by atoms with Crippen molar-refractivity contribution < 1.29 is 24.5 Å². The van der Waals surface area contributed by atoms with Crippen LogP contribution < -0.4 is 4.74 Å². The first-order valence-corrected chi connectivity index (χ1v) is 14.3. The topological polar surface area (TPSA) is 93.5 Å². The van der Waals surface area contributed by atoms with Crippen molar-refractivity contribution in [3.63, 3.8) is 0 Å². The van der Waals surface area contributed by atoms with Crippen molar-refractivity contribution in [1.29, 1.82) is 0 Å². The highest BCUT2D eigenvalue weighted by molar-refractivity contribution is 5.94. The van der Waals surface area contributed by atoms with E-state index in [9.17, 15) is 14.7 Å². The quantitative estimate of drug-likeness (QED) is 0.341. The molecule has 0 radical (unpaired) electrons. The highest BCUT2D eigenvalue weighted by Gasteiger charge is 2.35. The highest BCUT2D eigenvalue weighted by atomic mass is 16.5. The number of piperazine rings is 1. The summed E-state index contributed by atoms with van der Waals surface area (Å²) in [5.41, 5.74) is 3.69. The van der Waals surface area contributed by atoms with Crippen LogP contribution in [0.25, 0.3) is 0 Å². The summed E-state index contributed by atoms with van der Waals surface area (Å²) in [5.74, 6) is -0.258. The average Bonchev–Trinajstić information content (AvgIpc) is 2.95. The number of hydrogen-bond acceptors (Lipinski definition) is 6. The molecule has 1 fully saturated rings. The van der Waals surface area contributed by atoms with Gasteiger partial charge in [0, 0.05) is 50.4 Å². The van der Waals surface area contributed by atoms with Crippen LogP contribution in [0.4, 0.5) is 0 Å². The average molecular weight is 560 g/mol. The van der Waals surface area contributed by atoms with E-state index in [1.54, 1.807) is 12.1 Å². The molecular formula is C33H41N3O5. The maximum Gasteiger partial charge on any atom is 0.341 e. The number of phenols is 1. The number of amides is 1. The Morgan fingerprint density at radius 1 is 0.927 bits per heavy atom. The number of carboxylic acid groups (broad SMARTS) is 1. The highest BCUT2D eigenvalue weighted by Crippen LogP contribution is 2.35. The zero-order valence-corrected chi connectivity index (χ0v) is 24.4. The number of carbonyl (C=O) groups excluding carboxylic acids is 1. The van der Waals surface area contributed by atoms with Gasteiger partial charge in [0.1, 0.15) is 11.5 Å². The van der Waals surface area contributed by atoms with Crippen molar-refractivity contribution >= 4 is 11.9 Å². The minimum Gasteiger partial charge on any atom is -0.508 e. The normalized spacial score (nSPS) is 18.5. The molecule has 1 saturated heterocycles. The van der Waals surface area contributed by atoms with Gasteiger partial charge in [-0.1, -0.05) is 36.4 Å². The van der Waals surface area contributed by atoms with E-state index in [-0.39, 0.29) is 29.8 Å². The number of ether oxygens (including phenoxy) is 1. The van der Waals surface area contributed by atoms with Crippen LogP contribution in [-0.2, 0) is 11.3 Å². The third-order valence-electron chi connectivity index (χ3n) is 7.83. The Morgan fingerprint density at radius 3 is 2.29 bits per heavy atom. The van der Waals surface area contributed by atoms with E-state index < -0.39 is 12.6 Å². The summed E-state index contributed by atoms with van der Waals surface area (Å²) in [6.07, 6.45) is 0. The third-order valence-corrected chi connectivity index (χ3v) is 7.83. The molecule has 0 aliphatic carbocycles. The number of carboxylic acids is 1. The van der Waals surface area contributed by atoms with Crippen molar-refractivity contribution in [3.8, 4) is 11.5 Å². The van der Waals surface area contributed by atoms with Gasteiger partial charge < -0.3 is 19.8 Å². The van der Waals surface area contributed by atoms with E-state index in [1.807, 2.05) is 73.3 Å². The molecule has 1 aliphatic heterocycles. The second kappa shape index (κ2) is 13.7. The lowest BCUT2D eigenvalue weighted by molar-refractivity contribution is -0.139. The Bertz CT molecular complexity index is 1340. The van der Waals surface area contributed by atoms with Gasteiger partial charge >= 0.3 is 5.97 Å². The summed E-state index contributed by atoms with van der Waals surface area (Å²) >= 11 is 0. The lowest BCUT2D eigenvalue weighted by atomic mass is 9.92. The van der Waals surface area contributed by atoms with Gasteiger partial charge in [0.2, 0.25) is 0 Å². The predicted octanol–water partition coefficient (Wildman–Crippen LogP) is 5.02. The maximum atomic E-state index is 13.3. The fourth-order valence-corrected chi connectivity index (χ4v) is 5.72. The molecule has 3 atom stereocenters. The molecular weight excluding hydrogens is 518 g/mol. The van der Waals surface area contributed by atoms with Crippen LogP contribution in [0.15, 0.2) is 72.8 Å². The zero-order valence-electron chi connectivity index (χ0n) is 24.4. The number of hydrogen-bond donors (Lipinski definition) is 2. The van der Waals surface area contributed by atoms with Gasteiger partial charge in [0.15, 0.2) is 6.61 Å². The van der Waals surface area contributed by atoms with E-state index in [0.29, 0.717) is 24.4 Å². The molecule has 4 rings (SSSR count). The van der Waals surface area contributed by atoms with Gasteiger partial charge in [-0.2, -0.15) is 0 Å². The maximum absolute atomic E-state index is 13.3. The van der Waals surface area contributed by atoms with Crippen molar-refractivity contribution in [2.75, 3.05) is 32.8 Å². The number of aromatic hydroxyl groups is 1. The van der Waals surface area contributed by atoms with Gasteiger partial charge in [0.25, 0.3) is 5.91 Å². The fraction of sp³-hybridized carbons (Fsp3) is 0.394. The number of benzene rings is 3. The number of aliphatic carboxylic acids is 1. The van der Waals surface area contributed by atoms with Gasteiger partial charge in [-0.05, 0) is 80.8 Å². The van der Waals surface area contributed by atoms with Crippen LogP contribution in [0.3, 0.4) is 0 Å². The molecule has 41 heavy (non-hydrogen) atoms. The van der Waals surface area contributed by atoms with Gasteiger partial charge in [-0.15, -0.1) is 0 Å². The van der Waals surface area contributed by atoms with Crippen LogP contribution in [0.2, 0.25) is 0 Å². The number of nitrogens with zero attached hydrogens (tertiary/aromatic N) is 3. The van der Waals surface area contributed by atoms with Crippen LogP contribution >= 0.6 is 0 Å². The third kappa shape index (κ3) is 7.45. The van der Waals surface area contributed by atoms with Gasteiger partial charge in [-0.3, -0.25) is 14.6 Å². The Labute approximate surface area is 242 Å². The second-order valence-electron chi connectivity index (χ2n) is 10.8. The molecule has 1 heterocycles. The predicted molar refractivity (Wildman–Crippen MR) is 159 cm³/mol. The summed E-state index contributed by atoms with van der Waals surface area (Å²) in [7, 11) is 0. The molecule has 8 nitrogen and oxygen atoms in total. The van der Waals surface area contributed by atoms with Gasteiger partial charge in [0.05, 0.1) is 6.04 Å². The van der Waals surface area contributed by atoms with Gasteiger partial charge in [-0.25, -0.2) is 4.79 Å². The molecule has 0 aromatic heterocycles. The van der Waals surface area contributed by atoms with E-state index in [0.717, 1.165) is 36.3 Å². The molecule has 3 aromatic carbocycles. The minimum atomic E-state index is -1.03. The Balaban J connectivity index is 1.69. The molecule has 0 spiro atoms. The summed E-state index contributed by atoms with van der Waals surface area (Å²) in [6, 6.07) is 23.1. The van der Waals surface area contributed by atoms with Crippen LogP contribution in [0, 0.1) is 0 Å². The molecule has 3 aromatic rings. The lowest BCUT2D eigenvalue weighted by Crippen LogP contribution is -2.56. The van der Waals surface area contributed by atoms with Crippen LogP contribution in [0.5, 0.6) is 11.5 Å². The van der Waals surface area contributed by atoms with E-state index in [2.05, 4.69) is 29.7 Å². The Kier molecular flexibility index (Phi) is 10.0.